The summed E-state index contributed by atoms with van der Waals surface area (Å²) in [5.74, 6) is 0.500. The predicted octanol–water partition coefficient (Wildman–Crippen LogP) is 4.55. The van der Waals surface area contributed by atoms with Gasteiger partial charge in [0.05, 0.1) is 5.52 Å². The Hall–Kier alpha value is -4.40. The number of amides is 2. The molecule has 0 fully saturated rings. The first-order chi connectivity index (χ1) is 18.3. The maximum absolute atomic E-state index is 14.2. The smallest absolute Gasteiger partial charge is 0.249 e. The summed E-state index contributed by atoms with van der Waals surface area (Å²) in [6.45, 7) is 7.91. The van der Waals surface area contributed by atoms with E-state index in [2.05, 4.69) is 15.6 Å². The topological polar surface area (TPSA) is 98.6 Å². The first-order valence-corrected chi connectivity index (χ1v) is 12.6. The van der Waals surface area contributed by atoms with E-state index in [0.29, 0.717) is 28.3 Å². The zero-order valence-corrected chi connectivity index (χ0v) is 22.0. The van der Waals surface area contributed by atoms with E-state index in [1.165, 1.54) is 4.90 Å². The molecule has 0 spiro atoms. The number of carbonyl (C=O) groups is 2. The van der Waals surface area contributed by atoms with E-state index in [0.717, 1.165) is 17.5 Å². The molecule has 0 bridgehead atoms. The van der Waals surface area contributed by atoms with Crippen LogP contribution < -0.4 is 19.7 Å². The Morgan fingerprint density at radius 1 is 1.05 bits per heavy atom. The third-order valence-electron chi connectivity index (χ3n) is 6.85. The molecule has 0 saturated carbocycles. The Morgan fingerprint density at radius 2 is 1.79 bits per heavy atom. The monoisotopic (exact) mass is 513 g/mol. The Bertz CT molecular complexity index is 1480. The molecule has 1 aromatic heterocycles. The van der Waals surface area contributed by atoms with Crippen LogP contribution >= 0.6 is 0 Å². The van der Waals surface area contributed by atoms with Gasteiger partial charge in [0.2, 0.25) is 18.6 Å². The summed E-state index contributed by atoms with van der Waals surface area (Å²) in [5, 5.41) is 11.5. The van der Waals surface area contributed by atoms with Crippen molar-refractivity contribution in [1.82, 2.24) is 20.3 Å². The van der Waals surface area contributed by atoms with Crippen molar-refractivity contribution in [2.75, 3.05) is 11.7 Å². The number of para-hydroxylation sites is 1. The molecule has 4 aromatic rings. The molecule has 1 N–H and O–H groups in total. The number of anilines is 1. The normalized spacial score (nSPS) is 13.4. The minimum absolute atomic E-state index is 0.101. The Labute approximate surface area is 221 Å². The Kier molecular flexibility index (Phi) is 6.75. The van der Waals surface area contributed by atoms with E-state index in [1.807, 2.05) is 76.2 Å². The highest BCUT2D eigenvalue weighted by Gasteiger charge is 2.36. The number of nitrogens with one attached hydrogen (secondary N) is 1. The number of benzene rings is 3. The highest BCUT2D eigenvalue weighted by molar-refractivity contribution is 6.02. The highest BCUT2D eigenvalue weighted by atomic mass is 16.7. The summed E-state index contributed by atoms with van der Waals surface area (Å²) in [5.41, 5.74) is 3.21. The van der Waals surface area contributed by atoms with Gasteiger partial charge >= 0.3 is 0 Å². The Balaban J connectivity index is 1.61. The van der Waals surface area contributed by atoms with Gasteiger partial charge in [0.25, 0.3) is 0 Å². The minimum atomic E-state index is -0.941. The number of fused-ring (bicyclic) bond motifs is 2. The Morgan fingerprint density at radius 3 is 2.55 bits per heavy atom. The zero-order chi connectivity index (χ0) is 26.9. The van der Waals surface area contributed by atoms with Crippen LogP contribution in [0, 0.1) is 6.92 Å². The van der Waals surface area contributed by atoms with Crippen LogP contribution in [0.1, 0.15) is 44.4 Å². The van der Waals surface area contributed by atoms with Crippen molar-refractivity contribution in [1.29, 1.82) is 0 Å². The van der Waals surface area contributed by atoms with Gasteiger partial charge in [-0.3, -0.25) is 14.5 Å². The lowest BCUT2D eigenvalue weighted by Crippen LogP contribution is -2.51. The van der Waals surface area contributed by atoms with Crippen LogP contribution in [0.2, 0.25) is 0 Å². The molecule has 2 amide bonds. The average Bonchev–Trinajstić information content (AvgIpc) is 3.54. The number of aryl methyl sites for hydroxylation is 1. The highest BCUT2D eigenvalue weighted by Crippen LogP contribution is 2.38. The lowest BCUT2D eigenvalue weighted by molar-refractivity contribution is -0.128. The molecule has 0 unspecified atom stereocenters. The van der Waals surface area contributed by atoms with Crippen molar-refractivity contribution in [3.05, 3.63) is 77.9 Å². The van der Waals surface area contributed by atoms with Gasteiger partial charge < -0.3 is 14.8 Å². The number of ether oxygens (including phenoxy) is 2. The van der Waals surface area contributed by atoms with Crippen LogP contribution in [-0.2, 0) is 16.1 Å². The molecule has 196 valence electrons. The van der Waals surface area contributed by atoms with Gasteiger partial charge in [-0.05, 0) is 57.0 Å². The van der Waals surface area contributed by atoms with Gasteiger partial charge in [0, 0.05) is 17.3 Å². The molecule has 9 heteroatoms. The number of carbonyl (C=O) groups excluding carboxylic acids is 2. The van der Waals surface area contributed by atoms with E-state index in [-0.39, 0.29) is 25.2 Å². The SMILES string of the molecule is CCC(C)(C)NC(=O)[C@H](c1ccc(C)cc1)N(C(=O)Cn1nnc2ccccc21)c1ccc2c(c1)OCO2. The average molecular weight is 514 g/mol. The van der Waals surface area contributed by atoms with Crippen LogP contribution in [-0.4, -0.2) is 39.1 Å². The molecule has 2 heterocycles. The molecule has 0 saturated heterocycles. The van der Waals surface area contributed by atoms with Crippen LogP contribution in [0.5, 0.6) is 11.5 Å². The summed E-state index contributed by atoms with van der Waals surface area (Å²) in [4.78, 5) is 29.7. The molecule has 1 aliphatic rings. The van der Waals surface area contributed by atoms with Crippen LogP contribution in [0.3, 0.4) is 0 Å². The first kappa shape index (κ1) is 25.3. The summed E-state index contributed by atoms with van der Waals surface area (Å²) in [7, 11) is 0. The van der Waals surface area contributed by atoms with Crippen LogP contribution in [0.15, 0.2) is 66.7 Å². The van der Waals surface area contributed by atoms with Gasteiger partial charge in [-0.15, -0.1) is 5.10 Å². The third kappa shape index (κ3) is 5.04. The largest absolute Gasteiger partial charge is 0.454 e. The van der Waals surface area contributed by atoms with Crippen molar-refractivity contribution in [3.8, 4) is 11.5 Å². The van der Waals surface area contributed by atoms with Crippen molar-refractivity contribution in [2.45, 2.75) is 52.2 Å². The molecule has 0 aliphatic carbocycles. The fourth-order valence-electron chi connectivity index (χ4n) is 4.37. The van der Waals surface area contributed by atoms with Crippen LogP contribution in [0.4, 0.5) is 5.69 Å². The first-order valence-electron chi connectivity index (χ1n) is 12.6. The quantitative estimate of drug-likeness (QED) is 0.371. The van der Waals surface area contributed by atoms with Crippen molar-refractivity contribution in [2.24, 2.45) is 0 Å². The molecule has 3 aromatic carbocycles. The summed E-state index contributed by atoms with van der Waals surface area (Å²) in [6.07, 6.45) is 0.724. The van der Waals surface area contributed by atoms with E-state index < -0.39 is 11.6 Å². The predicted molar refractivity (Wildman–Crippen MR) is 144 cm³/mol. The van der Waals surface area contributed by atoms with Gasteiger partial charge in [-0.25, -0.2) is 4.68 Å². The second-order valence-corrected chi connectivity index (χ2v) is 10.1. The molecular weight excluding hydrogens is 482 g/mol. The van der Waals surface area contributed by atoms with Gasteiger partial charge in [0.1, 0.15) is 18.1 Å². The van der Waals surface area contributed by atoms with Crippen LogP contribution in [0.25, 0.3) is 11.0 Å². The van der Waals surface area contributed by atoms with E-state index in [4.69, 9.17) is 9.47 Å². The molecule has 1 atom stereocenters. The fraction of sp³-hybridized carbons (Fsp3) is 0.310. The van der Waals surface area contributed by atoms with Crippen molar-refractivity contribution in [3.63, 3.8) is 0 Å². The number of hydrogen-bond acceptors (Lipinski definition) is 6. The molecule has 9 nitrogen and oxygen atoms in total. The molecular formula is C29H31N5O4. The maximum Gasteiger partial charge on any atom is 0.249 e. The van der Waals surface area contributed by atoms with Crippen molar-refractivity contribution < 1.29 is 19.1 Å². The van der Waals surface area contributed by atoms with Gasteiger partial charge in [-0.1, -0.05) is 54.1 Å². The second kappa shape index (κ2) is 10.2. The molecule has 1 aliphatic heterocycles. The van der Waals surface area contributed by atoms with E-state index in [1.54, 1.807) is 22.9 Å². The van der Waals surface area contributed by atoms with Crippen molar-refractivity contribution >= 4 is 28.5 Å². The summed E-state index contributed by atoms with van der Waals surface area (Å²) < 4.78 is 12.6. The van der Waals surface area contributed by atoms with E-state index >= 15 is 0 Å². The van der Waals surface area contributed by atoms with E-state index in [9.17, 15) is 9.59 Å². The number of hydrogen-bond donors (Lipinski definition) is 1. The molecule has 38 heavy (non-hydrogen) atoms. The number of nitrogens with zero attached hydrogens (tertiary/aromatic N) is 4. The molecule has 5 rings (SSSR count). The lowest BCUT2D eigenvalue weighted by Gasteiger charge is -2.34. The summed E-state index contributed by atoms with van der Waals surface area (Å²) >= 11 is 0. The molecule has 0 radical (unpaired) electrons. The third-order valence-corrected chi connectivity index (χ3v) is 6.85. The maximum atomic E-state index is 14.2. The zero-order valence-electron chi connectivity index (χ0n) is 22.0. The number of rotatable bonds is 8. The fourth-order valence-corrected chi connectivity index (χ4v) is 4.37. The minimum Gasteiger partial charge on any atom is -0.454 e. The van der Waals surface area contributed by atoms with Gasteiger partial charge in [0.15, 0.2) is 11.5 Å². The van der Waals surface area contributed by atoms with Gasteiger partial charge in [-0.2, -0.15) is 0 Å². The summed E-state index contributed by atoms with van der Waals surface area (Å²) in [6, 6.07) is 19.4. The second-order valence-electron chi connectivity index (χ2n) is 10.1. The standard InChI is InChI=1S/C29H31N5O4/c1-5-29(3,4)30-28(36)27(20-12-10-19(2)11-13-20)34(21-14-15-24-25(16-21)38-18-37-24)26(35)17-33-23-9-7-6-8-22(23)31-32-33/h6-16,27H,5,17-18H2,1-4H3,(H,30,36)/t27-/m0/s1. The lowest BCUT2D eigenvalue weighted by atomic mass is 9.97. The number of aromatic nitrogens is 3.